The molecule has 0 aromatic heterocycles. The number of nitrogens with one attached hydrogen (secondary N) is 2. The van der Waals surface area contributed by atoms with E-state index in [0.717, 1.165) is 22.0 Å². The van der Waals surface area contributed by atoms with Gasteiger partial charge in [0.2, 0.25) is 5.90 Å². The molecule has 1 heterocycles. The molecule has 0 bridgehead atoms. The number of hydrogen-bond acceptors (Lipinski definition) is 6. The van der Waals surface area contributed by atoms with Crippen LogP contribution in [0.5, 0.6) is 5.75 Å². The molecule has 3 N–H and O–H groups in total. The van der Waals surface area contributed by atoms with E-state index in [1.54, 1.807) is 0 Å². The molecule has 0 radical (unpaired) electrons. The van der Waals surface area contributed by atoms with Crippen LogP contribution in [0.4, 0.5) is 0 Å². The topological polar surface area (TPSA) is 92.2 Å². The first kappa shape index (κ1) is 26.9. The quantitative estimate of drug-likeness (QED) is 0.227. The molecular formula is C29H32BrN3O4. The summed E-state index contributed by atoms with van der Waals surface area (Å²) in [4.78, 5) is 18.3. The van der Waals surface area contributed by atoms with E-state index in [9.17, 15) is 4.79 Å². The van der Waals surface area contributed by atoms with E-state index in [1.165, 1.54) is 11.1 Å². The minimum absolute atomic E-state index is 0.0893. The zero-order valence-electron chi connectivity index (χ0n) is 20.9. The Balaban J connectivity index is 1.46. The average Bonchev–Trinajstić information content (AvgIpc) is 3.35. The second-order valence-corrected chi connectivity index (χ2v) is 10.0. The molecule has 194 valence electrons. The number of rotatable bonds is 12. The van der Waals surface area contributed by atoms with Crippen LogP contribution < -0.4 is 15.6 Å². The van der Waals surface area contributed by atoms with Gasteiger partial charge in [0.25, 0.3) is 5.91 Å². The largest absolute Gasteiger partial charge is 0.494 e. The van der Waals surface area contributed by atoms with Gasteiger partial charge in [-0.3, -0.25) is 10.2 Å². The second kappa shape index (κ2) is 12.9. The predicted molar refractivity (Wildman–Crippen MR) is 148 cm³/mol. The molecule has 1 amide bonds. The van der Waals surface area contributed by atoms with Crippen LogP contribution in [0.3, 0.4) is 0 Å². The number of aryl methyl sites for hydroxylation is 1. The third-order valence-corrected chi connectivity index (χ3v) is 6.66. The van der Waals surface area contributed by atoms with Gasteiger partial charge in [-0.15, -0.1) is 0 Å². The molecule has 0 fully saturated rings. The summed E-state index contributed by atoms with van der Waals surface area (Å²) >= 11 is 3.47. The van der Waals surface area contributed by atoms with Gasteiger partial charge in [0.1, 0.15) is 12.4 Å². The highest BCUT2D eigenvalue weighted by molar-refractivity contribution is 9.10. The van der Waals surface area contributed by atoms with Gasteiger partial charge >= 0.3 is 0 Å². The molecule has 1 aliphatic rings. The van der Waals surface area contributed by atoms with E-state index >= 15 is 0 Å². The maximum absolute atomic E-state index is 13.5. The Labute approximate surface area is 226 Å². The van der Waals surface area contributed by atoms with Crippen LogP contribution in [0, 0.1) is 6.92 Å². The first-order valence-corrected chi connectivity index (χ1v) is 13.2. The number of aliphatic hydroxyl groups is 1. The SMILES string of the molecule is Cc1ccc(CCNNC(=O)[C@]2(Cc3ccc(Br)cc3)COC(c3ccc(OCCCO)cc3)=N2)cc1. The van der Waals surface area contributed by atoms with Crippen molar-refractivity contribution >= 4 is 27.7 Å². The number of benzene rings is 3. The number of hydrogen-bond donors (Lipinski definition) is 3. The first-order valence-electron chi connectivity index (χ1n) is 12.4. The van der Waals surface area contributed by atoms with Crippen molar-refractivity contribution in [1.82, 2.24) is 10.9 Å². The van der Waals surface area contributed by atoms with Crippen molar-refractivity contribution in [3.8, 4) is 5.75 Å². The number of nitrogens with zero attached hydrogens (tertiary/aromatic N) is 1. The molecule has 0 aliphatic carbocycles. The molecule has 37 heavy (non-hydrogen) atoms. The summed E-state index contributed by atoms with van der Waals surface area (Å²) in [5.74, 6) is 0.888. The third kappa shape index (κ3) is 7.41. The lowest BCUT2D eigenvalue weighted by Gasteiger charge is -2.23. The molecule has 0 unspecified atom stereocenters. The number of carbonyl (C=O) groups excluding carboxylic acids is 1. The van der Waals surface area contributed by atoms with Crippen LogP contribution in [-0.4, -0.2) is 48.8 Å². The van der Waals surface area contributed by atoms with Crippen molar-refractivity contribution < 1.29 is 19.4 Å². The maximum atomic E-state index is 13.5. The van der Waals surface area contributed by atoms with Crippen LogP contribution in [0.1, 0.15) is 28.7 Å². The Kier molecular flexibility index (Phi) is 9.33. The smallest absolute Gasteiger partial charge is 0.266 e. The zero-order valence-corrected chi connectivity index (χ0v) is 22.5. The Bertz CT molecular complexity index is 1200. The molecule has 3 aromatic carbocycles. The lowest BCUT2D eigenvalue weighted by molar-refractivity contribution is -0.127. The highest BCUT2D eigenvalue weighted by Gasteiger charge is 2.44. The first-order chi connectivity index (χ1) is 18.0. The standard InChI is InChI=1S/C29H32BrN3O4/c1-21-3-5-22(6-4-21)15-16-31-33-28(35)29(19-23-7-11-25(30)12-8-23)20-37-27(32-29)24-9-13-26(14-10-24)36-18-2-17-34/h3-14,31,34H,2,15-20H2,1H3,(H,33,35)/t29-/m0/s1. The van der Waals surface area contributed by atoms with E-state index in [0.29, 0.717) is 37.6 Å². The summed E-state index contributed by atoms with van der Waals surface area (Å²) in [6, 6.07) is 23.6. The maximum Gasteiger partial charge on any atom is 0.266 e. The molecule has 7 nitrogen and oxygen atoms in total. The molecule has 1 atom stereocenters. The summed E-state index contributed by atoms with van der Waals surface area (Å²) in [5, 5.41) is 8.92. The number of halogens is 1. The van der Waals surface area contributed by atoms with E-state index < -0.39 is 5.54 Å². The molecule has 0 spiro atoms. The van der Waals surface area contributed by atoms with Gasteiger partial charge in [-0.25, -0.2) is 10.4 Å². The summed E-state index contributed by atoms with van der Waals surface area (Å²) in [6.45, 7) is 3.33. The van der Waals surface area contributed by atoms with Crippen molar-refractivity contribution in [2.24, 2.45) is 4.99 Å². The minimum Gasteiger partial charge on any atom is -0.494 e. The number of ether oxygens (including phenoxy) is 2. The fraction of sp³-hybridized carbons (Fsp3) is 0.310. The Morgan fingerprint density at radius 2 is 1.76 bits per heavy atom. The second-order valence-electron chi connectivity index (χ2n) is 9.11. The summed E-state index contributed by atoms with van der Waals surface area (Å²) < 4.78 is 12.6. The molecule has 4 rings (SSSR count). The molecular weight excluding hydrogens is 534 g/mol. The van der Waals surface area contributed by atoms with Gasteiger partial charge in [0.05, 0.1) is 6.61 Å². The fourth-order valence-corrected chi connectivity index (χ4v) is 4.26. The van der Waals surface area contributed by atoms with Crippen LogP contribution in [-0.2, 0) is 22.4 Å². The Hall–Kier alpha value is -3.20. The lowest BCUT2D eigenvalue weighted by atomic mass is 9.91. The van der Waals surface area contributed by atoms with Gasteiger partial charge in [-0.05, 0) is 60.9 Å². The van der Waals surface area contributed by atoms with Crippen molar-refractivity contribution in [3.05, 3.63) is 99.5 Å². The minimum atomic E-state index is -1.10. The van der Waals surface area contributed by atoms with Crippen LogP contribution >= 0.6 is 15.9 Å². The van der Waals surface area contributed by atoms with Crippen molar-refractivity contribution in [2.75, 3.05) is 26.4 Å². The van der Waals surface area contributed by atoms with Gasteiger partial charge in [0, 0.05) is 36.0 Å². The van der Waals surface area contributed by atoms with Gasteiger partial charge < -0.3 is 14.6 Å². The normalized spacial score (nSPS) is 16.7. The number of aliphatic hydroxyl groups excluding tert-OH is 1. The van der Waals surface area contributed by atoms with Crippen molar-refractivity contribution in [2.45, 2.75) is 31.7 Å². The molecule has 1 aliphatic heterocycles. The molecule has 0 saturated heterocycles. The highest BCUT2D eigenvalue weighted by Crippen LogP contribution is 2.28. The average molecular weight is 566 g/mol. The number of hydrazine groups is 1. The van der Waals surface area contributed by atoms with Crippen molar-refractivity contribution in [1.29, 1.82) is 0 Å². The predicted octanol–water partition coefficient (Wildman–Crippen LogP) is 4.14. The van der Waals surface area contributed by atoms with Gasteiger partial charge in [-0.2, -0.15) is 0 Å². The summed E-state index contributed by atoms with van der Waals surface area (Å²) in [5.41, 5.74) is 9.00. The van der Waals surface area contributed by atoms with E-state index in [-0.39, 0.29) is 19.1 Å². The monoisotopic (exact) mass is 565 g/mol. The zero-order chi connectivity index (χ0) is 26.1. The van der Waals surface area contributed by atoms with Crippen molar-refractivity contribution in [3.63, 3.8) is 0 Å². The highest BCUT2D eigenvalue weighted by atomic mass is 79.9. The Morgan fingerprint density at radius 1 is 1.05 bits per heavy atom. The third-order valence-electron chi connectivity index (χ3n) is 6.13. The fourth-order valence-electron chi connectivity index (χ4n) is 3.99. The van der Waals surface area contributed by atoms with Crippen LogP contribution in [0.15, 0.2) is 82.3 Å². The van der Waals surface area contributed by atoms with Crippen LogP contribution in [0.2, 0.25) is 0 Å². The van der Waals surface area contributed by atoms with Gasteiger partial charge in [0.15, 0.2) is 5.54 Å². The summed E-state index contributed by atoms with van der Waals surface area (Å²) in [6.07, 6.45) is 1.76. The number of amides is 1. The summed E-state index contributed by atoms with van der Waals surface area (Å²) in [7, 11) is 0. The van der Waals surface area contributed by atoms with E-state index in [1.807, 2.05) is 48.5 Å². The van der Waals surface area contributed by atoms with E-state index in [4.69, 9.17) is 19.6 Å². The number of aliphatic imine (C=N–C) groups is 1. The lowest BCUT2D eigenvalue weighted by Crippen LogP contribution is -2.53. The Morgan fingerprint density at radius 3 is 2.46 bits per heavy atom. The molecule has 0 saturated carbocycles. The van der Waals surface area contributed by atoms with Crippen LogP contribution in [0.25, 0.3) is 0 Å². The van der Waals surface area contributed by atoms with E-state index in [2.05, 4.69) is 58.0 Å². The molecule has 3 aromatic rings. The molecule has 8 heteroatoms. The van der Waals surface area contributed by atoms with Gasteiger partial charge in [-0.1, -0.05) is 57.9 Å². The number of carbonyl (C=O) groups is 1.